The van der Waals surface area contributed by atoms with E-state index in [1.54, 1.807) is 19.2 Å². The fourth-order valence-electron chi connectivity index (χ4n) is 3.46. The largest absolute Gasteiger partial charge is 0.506 e. The fraction of sp³-hybridized carbons (Fsp3) is 0.208. The standard InChI is InChI=1S/C24H24N4O3/c1-4-28(5-2)20-15-21(29)19(14-23(20)30-3)26-27-24-25-18-12-11-17(13-22(18)31-24)16-9-7-6-8-10-16/h6-15,29H,4-5H2,1-3H3. The van der Waals surface area contributed by atoms with Gasteiger partial charge < -0.3 is 19.2 Å². The Hall–Kier alpha value is -3.87. The second-order valence-electron chi connectivity index (χ2n) is 6.93. The van der Waals surface area contributed by atoms with Gasteiger partial charge in [-0.25, -0.2) is 0 Å². The first kappa shape index (κ1) is 20.4. The highest BCUT2D eigenvalue weighted by Gasteiger charge is 2.14. The molecule has 0 fully saturated rings. The summed E-state index contributed by atoms with van der Waals surface area (Å²) in [5.74, 6) is 0.620. The average Bonchev–Trinajstić information content (AvgIpc) is 3.22. The second kappa shape index (κ2) is 8.87. The zero-order valence-corrected chi connectivity index (χ0v) is 17.7. The molecule has 0 unspecified atom stereocenters. The monoisotopic (exact) mass is 416 g/mol. The summed E-state index contributed by atoms with van der Waals surface area (Å²) in [6, 6.07) is 19.3. The van der Waals surface area contributed by atoms with Crippen LogP contribution in [-0.2, 0) is 0 Å². The van der Waals surface area contributed by atoms with Crippen LogP contribution in [0.5, 0.6) is 11.5 Å². The van der Waals surface area contributed by atoms with Crippen molar-refractivity contribution in [1.29, 1.82) is 0 Å². The van der Waals surface area contributed by atoms with Gasteiger partial charge in [0.25, 0.3) is 0 Å². The minimum atomic E-state index is 0.00826. The van der Waals surface area contributed by atoms with Gasteiger partial charge in [-0.05, 0) is 37.1 Å². The maximum atomic E-state index is 10.4. The molecule has 158 valence electrons. The van der Waals surface area contributed by atoms with Crippen LogP contribution in [0.1, 0.15) is 13.8 Å². The van der Waals surface area contributed by atoms with Crippen LogP contribution in [0.25, 0.3) is 22.2 Å². The third-order valence-electron chi connectivity index (χ3n) is 5.11. The number of aromatic nitrogens is 1. The third-order valence-corrected chi connectivity index (χ3v) is 5.11. The van der Waals surface area contributed by atoms with E-state index in [1.807, 2.05) is 62.4 Å². The van der Waals surface area contributed by atoms with Crippen LogP contribution in [0.4, 0.5) is 17.4 Å². The maximum Gasteiger partial charge on any atom is 0.341 e. The number of rotatable bonds is 7. The molecular weight excluding hydrogens is 392 g/mol. The summed E-state index contributed by atoms with van der Waals surface area (Å²) in [4.78, 5) is 6.45. The zero-order chi connectivity index (χ0) is 21.8. The van der Waals surface area contributed by atoms with Crippen molar-refractivity contribution < 1.29 is 14.3 Å². The van der Waals surface area contributed by atoms with E-state index in [4.69, 9.17) is 9.15 Å². The number of anilines is 1. The first-order valence-corrected chi connectivity index (χ1v) is 10.2. The van der Waals surface area contributed by atoms with Crippen LogP contribution in [-0.4, -0.2) is 30.3 Å². The normalized spacial score (nSPS) is 11.3. The fourth-order valence-corrected chi connectivity index (χ4v) is 3.46. The predicted molar refractivity (Wildman–Crippen MR) is 122 cm³/mol. The van der Waals surface area contributed by atoms with Gasteiger partial charge in [-0.1, -0.05) is 41.5 Å². The number of hydrogen-bond donors (Lipinski definition) is 1. The molecular formula is C24H24N4O3. The molecule has 0 amide bonds. The lowest BCUT2D eigenvalue weighted by Gasteiger charge is -2.23. The van der Waals surface area contributed by atoms with Crippen molar-refractivity contribution in [2.45, 2.75) is 13.8 Å². The van der Waals surface area contributed by atoms with Crippen LogP contribution in [0.15, 0.2) is 75.3 Å². The van der Waals surface area contributed by atoms with Gasteiger partial charge in [-0.2, -0.15) is 4.98 Å². The Morgan fingerprint density at radius 3 is 2.45 bits per heavy atom. The number of methoxy groups -OCH3 is 1. The lowest BCUT2D eigenvalue weighted by molar-refractivity contribution is 0.412. The molecule has 0 atom stereocenters. The number of azo groups is 1. The summed E-state index contributed by atoms with van der Waals surface area (Å²) in [5, 5.41) is 18.7. The minimum Gasteiger partial charge on any atom is -0.506 e. The Bertz CT molecular complexity index is 1210. The molecule has 31 heavy (non-hydrogen) atoms. The van der Waals surface area contributed by atoms with Crippen LogP contribution in [0, 0.1) is 0 Å². The summed E-state index contributed by atoms with van der Waals surface area (Å²) in [5.41, 5.74) is 4.51. The van der Waals surface area contributed by atoms with Gasteiger partial charge in [0.1, 0.15) is 22.7 Å². The van der Waals surface area contributed by atoms with Crippen molar-refractivity contribution in [3.8, 4) is 22.6 Å². The number of aromatic hydroxyl groups is 1. The molecule has 7 nitrogen and oxygen atoms in total. The molecule has 0 radical (unpaired) electrons. The SMILES string of the molecule is CCN(CC)c1cc(O)c(N=Nc2nc3ccc(-c4ccccc4)cc3o2)cc1OC. The van der Waals surface area contributed by atoms with Crippen molar-refractivity contribution >= 4 is 28.5 Å². The van der Waals surface area contributed by atoms with E-state index in [9.17, 15) is 5.11 Å². The van der Waals surface area contributed by atoms with Gasteiger partial charge in [0.15, 0.2) is 5.58 Å². The first-order valence-electron chi connectivity index (χ1n) is 10.2. The number of fused-ring (bicyclic) bond motifs is 1. The Morgan fingerprint density at radius 2 is 1.74 bits per heavy atom. The second-order valence-corrected chi connectivity index (χ2v) is 6.93. The Kier molecular flexibility index (Phi) is 5.84. The van der Waals surface area contributed by atoms with Crippen molar-refractivity contribution in [1.82, 2.24) is 4.98 Å². The number of hydrogen-bond acceptors (Lipinski definition) is 7. The highest BCUT2D eigenvalue weighted by Crippen LogP contribution is 2.40. The van der Waals surface area contributed by atoms with Crippen LogP contribution >= 0.6 is 0 Å². The van der Waals surface area contributed by atoms with Gasteiger partial charge in [0.2, 0.25) is 0 Å². The molecule has 0 spiro atoms. The molecule has 3 aromatic carbocycles. The summed E-state index contributed by atoms with van der Waals surface area (Å²) < 4.78 is 11.2. The van der Waals surface area contributed by atoms with Crippen LogP contribution < -0.4 is 9.64 Å². The number of phenolic OH excluding ortho intramolecular Hbond substituents is 1. The van der Waals surface area contributed by atoms with Gasteiger partial charge in [0, 0.05) is 25.2 Å². The first-order chi connectivity index (χ1) is 15.1. The topological polar surface area (TPSA) is 83.5 Å². The summed E-state index contributed by atoms with van der Waals surface area (Å²) >= 11 is 0. The molecule has 1 heterocycles. The number of oxazole rings is 1. The molecule has 1 N–H and O–H groups in total. The molecule has 4 aromatic rings. The number of nitrogens with zero attached hydrogens (tertiary/aromatic N) is 4. The maximum absolute atomic E-state index is 10.4. The Labute approximate surface area is 180 Å². The molecule has 0 aliphatic carbocycles. The third kappa shape index (κ3) is 4.21. The van der Waals surface area contributed by atoms with E-state index in [0.717, 1.165) is 29.9 Å². The molecule has 0 bridgehead atoms. The van der Waals surface area contributed by atoms with Crippen molar-refractivity contribution in [2.24, 2.45) is 10.2 Å². The van der Waals surface area contributed by atoms with E-state index in [-0.39, 0.29) is 17.5 Å². The van der Waals surface area contributed by atoms with E-state index in [2.05, 4.69) is 20.1 Å². The predicted octanol–water partition coefficient (Wildman–Crippen LogP) is 6.47. The quantitative estimate of drug-likeness (QED) is 0.349. The van der Waals surface area contributed by atoms with Crippen LogP contribution in [0.2, 0.25) is 0 Å². The Balaban J connectivity index is 1.63. The minimum absolute atomic E-state index is 0.00826. The molecule has 0 aliphatic heterocycles. The van der Waals surface area contributed by atoms with E-state index >= 15 is 0 Å². The number of benzene rings is 3. The molecule has 1 aromatic heterocycles. The smallest absolute Gasteiger partial charge is 0.341 e. The number of ether oxygens (including phenoxy) is 1. The van der Waals surface area contributed by atoms with Gasteiger partial charge in [-0.3, -0.25) is 0 Å². The Morgan fingerprint density at radius 1 is 0.968 bits per heavy atom. The molecule has 0 saturated carbocycles. The van der Waals surface area contributed by atoms with Crippen molar-refractivity contribution in [3.05, 3.63) is 60.7 Å². The highest BCUT2D eigenvalue weighted by molar-refractivity contribution is 5.81. The highest BCUT2D eigenvalue weighted by atomic mass is 16.5. The summed E-state index contributed by atoms with van der Waals surface area (Å²) in [6.07, 6.45) is 0. The van der Waals surface area contributed by atoms with Crippen molar-refractivity contribution in [3.63, 3.8) is 0 Å². The summed E-state index contributed by atoms with van der Waals surface area (Å²) in [6.45, 7) is 5.68. The van der Waals surface area contributed by atoms with E-state index in [1.165, 1.54) is 0 Å². The molecule has 0 aliphatic rings. The summed E-state index contributed by atoms with van der Waals surface area (Å²) in [7, 11) is 1.59. The molecule has 7 heteroatoms. The number of phenols is 1. The molecule has 0 saturated heterocycles. The van der Waals surface area contributed by atoms with Gasteiger partial charge >= 0.3 is 6.01 Å². The molecule has 4 rings (SSSR count). The van der Waals surface area contributed by atoms with E-state index < -0.39 is 0 Å². The lowest BCUT2D eigenvalue weighted by Crippen LogP contribution is -2.22. The van der Waals surface area contributed by atoms with Crippen LogP contribution in [0.3, 0.4) is 0 Å². The van der Waals surface area contributed by atoms with Crippen molar-refractivity contribution in [2.75, 3.05) is 25.1 Å². The van der Waals surface area contributed by atoms with Gasteiger partial charge in [-0.15, -0.1) is 5.11 Å². The average molecular weight is 416 g/mol. The van der Waals surface area contributed by atoms with E-state index in [0.29, 0.717) is 16.8 Å². The zero-order valence-electron chi connectivity index (χ0n) is 17.7. The lowest BCUT2D eigenvalue weighted by atomic mass is 10.1. The van der Waals surface area contributed by atoms with Gasteiger partial charge in [0.05, 0.1) is 12.8 Å².